The third kappa shape index (κ3) is 4.32. The smallest absolute Gasteiger partial charge is 0.326 e. The Hall–Kier alpha value is -1.14. The van der Waals surface area contributed by atoms with E-state index in [1.54, 1.807) is 30.5 Å². The van der Waals surface area contributed by atoms with E-state index in [4.69, 9.17) is 5.11 Å². The van der Waals surface area contributed by atoms with Gasteiger partial charge in [0.15, 0.2) is 0 Å². The Balaban J connectivity index is 2.67. The summed E-state index contributed by atoms with van der Waals surface area (Å²) in [5, 5.41) is 13.2. The van der Waals surface area contributed by atoms with E-state index >= 15 is 0 Å². The van der Waals surface area contributed by atoms with Crippen LogP contribution in [0.2, 0.25) is 0 Å². The molecule has 17 heavy (non-hydrogen) atoms. The Bertz CT molecular complexity index is 442. The van der Waals surface area contributed by atoms with Gasteiger partial charge >= 0.3 is 5.97 Å². The second-order valence-electron chi connectivity index (χ2n) is 3.30. The minimum Gasteiger partial charge on any atom is -0.480 e. The highest BCUT2D eigenvalue weighted by Crippen LogP contribution is 2.19. The molecule has 0 aliphatic carbocycles. The van der Waals surface area contributed by atoms with E-state index in [1.807, 2.05) is 0 Å². The van der Waals surface area contributed by atoms with Crippen molar-refractivity contribution >= 4 is 39.1 Å². The van der Waals surface area contributed by atoms with Crippen molar-refractivity contribution < 1.29 is 14.7 Å². The quantitative estimate of drug-likeness (QED) is 0.820. The predicted molar refractivity (Wildman–Crippen MR) is 70.3 cm³/mol. The fraction of sp³-hybridized carbons (Fsp3) is 0.273. The molecule has 0 aromatic carbocycles. The van der Waals surface area contributed by atoms with Gasteiger partial charge in [-0.1, -0.05) is 12.2 Å². The number of carbonyl (C=O) groups is 2. The zero-order chi connectivity index (χ0) is 12.8. The van der Waals surface area contributed by atoms with Crippen molar-refractivity contribution in [2.45, 2.75) is 19.4 Å². The number of nitrogens with one attached hydrogen (secondary N) is 1. The maximum Gasteiger partial charge on any atom is 0.326 e. The van der Waals surface area contributed by atoms with E-state index in [2.05, 4.69) is 21.2 Å². The molecular weight excluding hydrogens is 306 g/mol. The summed E-state index contributed by atoms with van der Waals surface area (Å²) in [4.78, 5) is 23.1. The van der Waals surface area contributed by atoms with Gasteiger partial charge in [-0.05, 0) is 35.3 Å². The van der Waals surface area contributed by atoms with Gasteiger partial charge in [-0.25, -0.2) is 4.79 Å². The molecule has 0 saturated carbocycles. The first-order valence-corrected chi connectivity index (χ1v) is 6.60. The number of allylic oxidation sites excluding steroid dienone is 1. The lowest BCUT2D eigenvalue weighted by molar-refractivity contribution is -0.139. The SMILES string of the molecule is C/C=C/CC(NC(=O)c1cc(Br)cs1)C(=O)O. The molecule has 1 rings (SSSR count). The van der Waals surface area contributed by atoms with E-state index < -0.39 is 12.0 Å². The third-order valence-corrected chi connectivity index (χ3v) is 3.69. The zero-order valence-electron chi connectivity index (χ0n) is 9.14. The first-order valence-electron chi connectivity index (χ1n) is 4.93. The highest BCUT2D eigenvalue weighted by molar-refractivity contribution is 9.10. The van der Waals surface area contributed by atoms with Gasteiger partial charge in [-0.2, -0.15) is 0 Å². The molecular formula is C11H12BrNO3S. The van der Waals surface area contributed by atoms with Crippen LogP contribution in [0.25, 0.3) is 0 Å². The summed E-state index contributed by atoms with van der Waals surface area (Å²) < 4.78 is 0.813. The van der Waals surface area contributed by atoms with E-state index in [0.29, 0.717) is 4.88 Å². The second kappa shape index (κ2) is 6.56. The lowest BCUT2D eigenvalue weighted by atomic mass is 10.2. The van der Waals surface area contributed by atoms with Gasteiger partial charge in [0.25, 0.3) is 5.91 Å². The van der Waals surface area contributed by atoms with Crippen LogP contribution in [0.15, 0.2) is 28.1 Å². The largest absolute Gasteiger partial charge is 0.480 e. The summed E-state index contributed by atoms with van der Waals surface area (Å²) in [6, 6.07) is 0.772. The Kier molecular flexibility index (Phi) is 5.37. The molecule has 1 unspecified atom stereocenters. The average Bonchev–Trinajstić information content (AvgIpc) is 2.70. The molecule has 0 bridgehead atoms. The molecule has 4 nitrogen and oxygen atoms in total. The van der Waals surface area contributed by atoms with Crippen LogP contribution in [-0.4, -0.2) is 23.0 Å². The molecule has 1 atom stereocenters. The van der Waals surface area contributed by atoms with Gasteiger partial charge in [-0.3, -0.25) is 4.79 Å². The third-order valence-electron chi connectivity index (χ3n) is 2.00. The maximum atomic E-state index is 11.7. The number of halogens is 1. The van der Waals surface area contributed by atoms with Crippen molar-refractivity contribution in [1.29, 1.82) is 0 Å². The number of amides is 1. The summed E-state index contributed by atoms with van der Waals surface area (Å²) in [6.07, 6.45) is 3.75. The molecule has 2 N–H and O–H groups in total. The minimum absolute atomic E-state index is 0.282. The molecule has 0 aliphatic rings. The van der Waals surface area contributed by atoms with Crippen LogP contribution in [0, 0.1) is 0 Å². The van der Waals surface area contributed by atoms with Gasteiger partial charge in [0.05, 0.1) is 4.88 Å². The summed E-state index contributed by atoms with van der Waals surface area (Å²) >= 11 is 4.51. The number of carboxylic acid groups (broad SMARTS) is 1. The van der Waals surface area contributed by atoms with Crippen LogP contribution >= 0.6 is 27.3 Å². The van der Waals surface area contributed by atoms with Crippen molar-refractivity contribution in [3.05, 3.63) is 32.9 Å². The zero-order valence-corrected chi connectivity index (χ0v) is 11.5. The van der Waals surface area contributed by atoms with Crippen LogP contribution < -0.4 is 5.32 Å². The van der Waals surface area contributed by atoms with Crippen molar-refractivity contribution in [3.63, 3.8) is 0 Å². The van der Waals surface area contributed by atoms with Gasteiger partial charge < -0.3 is 10.4 Å². The molecule has 0 radical (unpaired) electrons. The van der Waals surface area contributed by atoms with Crippen LogP contribution in [0.5, 0.6) is 0 Å². The number of aliphatic carboxylic acids is 1. The van der Waals surface area contributed by atoms with Crippen molar-refractivity contribution in [2.75, 3.05) is 0 Å². The Morgan fingerprint density at radius 3 is 2.82 bits per heavy atom. The number of carbonyl (C=O) groups excluding carboxylic acids is 1. The number of hydrogen-bond acceptors (Lipinski definition) is 3. The molecule has 1 aromatic rings. The highest BCUT2D eigenvalue weighted by Gasteiger charge is 2.19. The average molecular weight is 318 g/mol. The van der Waals surface area contributed by atoms with Crippen LogP contribution in [0.4, 0.5) is 0 Å². The minimum atomic E-state index is -1.04. The molecule has 0 fully saturated rings. The van der Waals surface area contributed by atoms with Gasteiger partial charge in [0.2, 0.25) is 0 Å². The molecule has 0 spiro atoms. The second-order valence-corrected chi connectivity index (χ2v) is 5.13. The molecule has 92 valence electrons. The summed E-state index contributed by atoms with van der Waals surface area (Å²) in [5.74, 6) is -1.40. The summed E-state index contributed by atoms with van der Waals surface area (Å²) in [6.45, 7) is 1.80. The lowest BCUT2D eigenvalue weighted by Gasteiger charge is -2.11. The summed E-state index contributed by atoms with van der Waals surface area (Å²) in [7, 11) is 0. The Labute approximate surface area is 111 Å². The number of rotatable bonds is 5. The Morgan fingerprint density at radius 1 is 1.65 bits per heavy atom. The number of thiophene rings is 1. The first kappa shape index (κ1) is 13.9. The molecule has 6 heteroatoms. The van der Waals surface area contributed by atoms with E-state index in [1.165, 1.54) is 11.3 Å². The highest BCUT2D eigenvalue weighted by atomic mass is 79.9. The predicted octanol–water partition coefficient (Wildman–Crippen LogP) is 2.66. The van der Waals surface area contributed by atoms with E-state index in [9.17, 15) is 9.59 Å². The van der Waals surface area contributed by atoms with Gasteiger partial charge in [0, 0.05) is 9.85 Å². The van der Waals surface area contributed by atoms with E-state index in [0.717, 1.165) is 4.47 Å². The topological polar surface area (TPSA) is 66.4 Å². The molecule has 0 saturated heterocycles. The van der Waals surface area contributed by atoms with Gasteiger partial charge in [0.1, 0.15) is 6.04 Å². The number of hydrogen-bond donors (Lipinski definition) is 2. The van der Waals surface area contributed by atoms with Crippen molar-refractivity contribution in [3.8, 4) is 0 Å². The fourth-order valence-electron chi connectivity index (χ4n) is 1.16. The normalized spacial score (nSPS) is 12.6. The van der Waals surface area contributed by atoms with Crippen LogP contribution in [0.3, 0.4) is 0 Å². The molecule has 1 aromatic heterocycles. The summed E-state index contributed by atoms with van der Waals surface area (Å²) in [5.41, 5.74) is 0. The fourth-order valence-corrected chi connectivity index (χ4v) is 2.48. The monoisotopic (exact) mass is 317 g/mol. The maximum absolute atomic E-state index is 11.7. The lowest BCUT2D eigenvalue weighted by Crippen LogP contribution is -2.40. The molecule has 0 aliphatic heterocycles. The van der Waals surface area contributed by atoms with Crippen LogP contribution in [0.1, 0.15) is 23.0 Å². The standard InChI is InChI=1S/C11H12BrNO3S/c1-2-3-4-8(11(15)16)13-10(14)9-5-7(12)6-17-9/h2-3,5-6,8H,4H2,1H3,(H,13,14)(H,15,16)/b3-2+. The molecule has 1 amide bonds. The van der Waals surface area contributed by atoms with Crippen molar-refractivity contribution in [2.24, 2.45) is 0 Å². The Morgan fingerprint density at radius 2 is 2.35 bits per heavy atom. The molecule has 1 heterocycles. The number of carboxylic acids is 1. The van der Waals surface area contributed by atoms with E-state index in [-0.39, 0.29) is 12.3 Å². The van der Waals surface area contributed by atoms with Crippen molar-refractivity contribution in [1.82, 2.24) is 5.32 Å². The van der Waals surface area contributed by atoms with Gasteiger partial charge in [-0.15, -0.1) is 11.3 Å². The first-order chi connectivity index (χ1) is 8.04. The van der Waals surface area contributed by atoms with Crippen LogP contribution in [-0.2, 0) is 4.79 Å².